The molecule has 1 aromatic heterocycles. The average molecular weight is 399 g/mol. The summed E-state index contributed by atoms with van der Waals surface area (Å²) in [5, 5.41) is 0. The van der Waals surface area contributed by atoms with Crippen molar-refractivity contribution in [1.29, 1.82) is 0 Å². The van der Waals surface area contributed by atoms with Crippen LogP contribution in [0, 0.1) is 6.92 Å². The molecule has 0 bridgehead atoms. The Morgan fingerprint density at radius 1 is 1.04 bits per heavy atom. The quantitative estimate of drug-likeness (QED) is 0.582. The molecule has 0 aliphatic carbocycles. The molecule has 0 radical (unpaired) electrons. The molecule has 0 amide bonds. The highest BCUT2D eigenvalue weighted by Crippen LogP contribution is 2.21. The third-order valence-electron chi connectivity index (χ3n) is 4.19. The van der Waals surface area contributed by atoms with Crippen molar-refractivity contribution >= 4 is 16.0 Å². The van der Waals surface area contributed by atoms with Crippen molar-refractivity contribution in [3.8, 4) is 0 Å². The first kappa shape index (κ1) is 19.9. The van der Waals surface area contributed by atoms with Crippen LogP contribution >= 0.6 is 0 Å². The Balaban J connectivity index is 1.72. The van der Waals surface area contributed by atoms with Gasteiger partial charge >= 0.3 is 5.97 Å². The minimum atomic E-state index is -3.73. The lowest BCUT2D eigenvalue weighted by Crippen LogP contribution is -2.29. The lowest BCUT2D eigenvalue weighted by atomic mass is 10.1. The predicted octanol–water partition coefficient (Wildman–Crippen LogP) is 3.85. The zero-order chi connectivity index (χ0) is 20.0. The van der Waals surface area contributed by atoms with E-state index in [-0.39, 0.29) is 23.7 Å². The van der Waals surface area contributed by atoms with Crippen LogP contribution < -0.4 is 4.72 Å². The minimum absolute atomic E-state index is 0.0372. The van der Waals surface area contributed by atoms with Crippen LogP contribution in [0.15, 0.2) is 82.3 Å². The number of nitrogens with one attached hydrogen (secondary N) is 1. The van der Waals surface area contributed by atoms with Crippen LogP contribution in [-0.4, -0.2) is 21.0 Å². The first-order valence-electron chi connectivity index (χ1n) is 8.80. The summed E-state index contributed by atoms with van der Waals surface area (Å²) in [6.45, 7) is 1.93. The van der Waals surface area contributed by atoms with Gasteiger partial charge in [0.15, 0.2) is 0 Å². The van der Waals surface area contributed by atoms with E-state index in [0.717, 1.165) is 11.1 Å². The number of esters is 1. The molecule has 1 atom stereocenters. The van der Waals surface area contributed by atoms with E-state index in [2.05, 4.69) is 4.72 Å². The van der Waals surface area contributed by atoms with Crippen LogP contribution in [-0.2, 0) is 14.8 Å². The van der Waals surface area contributed by atoms with E-state index < -0.39 is 22.0 Å². The smallest absolute Gasteiger partial charge is 0.374 e. The van der Waals surface area contributed by atoms with Crippen molar-refractivity contribution in [1.82, 2.24) is 4.72 Å². The molecule has 0 fully saturated rings. The van der Waals surface area contributed by atoms with Gasteiger partial charge in [-0.1, -0.05) is 48.0 Å². The Morgan fingerprint density at radius 3 is 2.39 bits per heavy atom. The summed E-state index contributed by atoms with van der Waals surface area (Å²) < 4.78 is 38.5. The zero-order valence-corrected chi connectivity index (χ0v) is 16.2. The van der Waals surface area contributed by atoms with Crippen LogP contribution in [0.1, 0.15) is 34.1 Å². The lowest BCUT2D eigenvalue weighted by molar-refractivity contribution is 0.0456. The Morgan fingerprint density at radius 2 is 1.75 bits per heavy atom. The minimum Gasteiger partial charge on any atom is -0.460 e. The van der Waals surface area contributed by atoms with Gasteiger partial charge in [0.25, 0.3) is 0 Å². The SMILES string of the molecule is Cc1ccc(S(=O)(=O)NC(CCOC(=O)c2ccco2)c2ccccc2)cc1. The fraction of sp³-hybridized carbons (Fsp3) is 0.190. The van der Waals surface area contributed by atoms with Gasteiger partial charge in [-0.3, -0.25) is 0 Å². The summed E-state index contributed by atoms with van der Waals surface area (Å²) in [4.78, 5) is 12.1. The Labute approximate surface area is 164 Å². The molecule has 1 unspecified atom stereocenters. The van der Waals surface area contributed by atoms with E-state index in [1.165, 1.54) is 12.3 Å². The summed E-state index contributed by atoms with van der Waals surface area (Å²) in [6.07, 6.45) is 1.67. The molecule has 1 N–H and O–H groups in total. The number of sulfonamides is 1. The van der Waals surface area contributed by atoms with Gasteiger partial charge in [0.2, 0.25) is 15.8 Å². The Kier molecular flexibility index (Phi) is 6.28. The second kappa shape index (κ2) is 8.86. The van der Waals surface area contributed by atoms with Gasteiger partial charge in [0, 0.05) is 6.42 Å². The average Bonchev–Trinajstić information content (AvgIpc) is 3.23. The molecule has 3 aromatic rings. The number of carbonyl (C=O) groups is 1. The molecule has 28 heavy (non-hydrogen) atoms. The highest BCUT2D eigenvalue weighted by Gasteiger charge is 2.22. The molecule has 0 saturated carbocycles. The standard InChI is InChI=1S/C21H21NO5S/c1-16-9-11-18(12-10-16)28(24,25)22-19(17-6-3-2-4-7-17)13-15-27-21(23)20-8-5-14-26-20/h2-12,14,19,22H,13,15H2,1H3. The van der Waals surface area contributed by atoms with Crippen LogP contribution in [0.4, 0.5) is 0 Å². The van der Waals surface area contributed by atoms with Crippen LogP contribution in [0.3, 0.4) is 0 Å². The maximum atomic E-state index is 12.8. The number of furan rings is 1. The number of benzene rings is 2. The van der Waals surface area contributed by atoms with Crippen molar-refractivity contribution in [2.75, 3.05) is 6.61 Å². The van der Waals surface area contributed by atoms with Crippen molar-refractivity contribution in [3.05, 3.63) is 89.9 Å². The highest BCUT2D eigenvalue weighted by atomic mass is 32.2. The van der Waals surface area contributed by atoms with E-state index >= 15 is 0 Å². The number of carbonyl (C=O) groups excluding carboxylic acids is 1. The van der Waals surface area contributed by atoms with E-state index in [1.807, 2.05) is 37.3 Å². The number of hydrogen-bond acceptors (Lipinski definition) is 5. The maximum Gasteiger partial charge on any atom is 0.374 e. The summed E-state index contributed by atoms with van der Waals surface area (Å²) in [5.74, 6) is -0.477. The molecule has 3 rings (SSSR count). The van der Waals surface area contributed by atoms with Crippen molar-refractivity contribution in [2.24, 2.45) is 0 Å². The summed E-state index contributed by atoms with van der Waals surface area (Å²) in [5.41, 5.74) is 1.76. The molecule has 1 heterocycles. The second-order valence-electron chi connectivity index (χ2n) is 6.30. The Hall–Kier alpha value is -2.90. The predicted molar refractivity (Wildman–Crippen MR) is 104 cm³/mol. The number of aryl methyl sites for hydroxylation is 1. The van der Waals surface area contributed by atoms with Gasteiger partial charge in [-0.2, -0.15) is 0 Å². The fourth-order valence-electron chi connectivity index (χ4n) is 2.69. The topological polar surface area (TPSA) is 85.6 Å². The molecule has 0 spiro atoms. The van der Waals surface area contributed by atoms with Gasteiger partial charge in [0.05, 0.1) is 23.8 Å². The lowest BCUT2D eigenvalue weighted by Gasteiger charge is -2.19. The molecular formula is C21H21NO5S. The summed E-state index contributed by atoms with van der Waals surface area (Å²) >= 11 is 0. The largest absolute Gasteiger partial charge is 0.460 e. The Bertz CT molecular complexity index is 997. The molecule has 0 aliphatic heterocycles. The molecular weight excluding hydrogens is 378 g/mol. The summed E-state index contributed by atoms with van der Waals surface area (Å²) in [6, 6.07) is 18.4. The molecule has 0 aliphatic rings. The molecule has 7 heteroatoms. The van der Waals surface area contributed by atoms with Gasteiger partial charge in [0.1, 0.15) is 0 Å². The molecule has 6 nitrogen and oxygen atoms in total. The normalized spacial score (nSPS) is 12.5. The van der Waals surface area contributed by atoms with Crippen LogP contribution in [0.5, 0.6) is 0 Å². The first-order chi connectivity index (χ1) is 13.5. The fourth-order valence-corrected chi connectivity index (χ4v) is 3.95. The third kappa shape index (κ3) is 5.09. The van der Waals surface area contributed by atoms with Crippen molar-refractivity contribution < 1.29 is 22.4 Å². The third-order valence-corrected chi connectivity index (χ3v) is 5.68. The second-order valence-corrected chi connectivity index (χ2v) is 8.01. The highest BCUT2D eigenvalue weighted by molar-refractivity contribution is 7.89. The monoisotopic (exact) mass is 399 g/mol. The molecule has 2 aromatic carbocycles. The molecule has 0 saturated heterocycles. The van der Waals surface area contributed by atoms with Gasteiger partial charge in [-0.15, -0.1) is 0 Å². The van der Waals surface area contributed by atoms with E-state index in [4.69, 9.17) is 9.15 Å². The van der Waals surface area contributed by atoms with Gasteiger partial charge in [-0.25, -0.2) is 17.9 Å². The van der Waals surface area contributed by atoms with Gasteiger partial charge < -0.3 is 9.15 Å². The van der Waals surface area contributed by atoms with Crippen LogP contribution in [0.25, 0.3) is 0 Å². The number of rotatable bonds is 8. The van der Waals surface area contributed by atoms with E-state index in [1.54, 1.807) is 30.3 Å². The zero-order valence-electron chi connectivity index (χ0n) is 15.4. The van der Waals surface area contributed by atoms with Crippen molar-refractivity contribution in [3.63, 3.8) is 0 Å². The number of ether oxygens (including phenoxy) is 1. The maximum absolute atomic E-state index is 12.8. The van der Waals surface area contributed by atoms with Crippen molar-refractivity contribution in [2.45, 2.75) is 24.3 Å². The van der Waals surface area contributed by atoms with E-state index in [0.29, 0.717) is 0 Å². The van der Waals surface area contributed by atoms with Crippen LogP contribution in [0.2, 0.25) is 0 Å². The molecule has 146 valence electrons. The summed E-state index contributed by atoms with van der Waals surface area (Å²) in [7, 11) is -3.73. The van der Waals surface area contributed by atoms with Gasteiger partial charge in [-0.05, 0) is 36.8 Å². The van der Waals surface area contributed by atoms with E-state index in [9.17, 15) is 13.2 Å². The first-order valence-corrected chi connectivity index (χ1v) is 10.3. The number of hydrogen-bond donors (Lipinski definition) is 1.